The molecule has 1 amide bonds. The second kappa shape index (κ2) is 7.73. The minimum atomic E-state index is -4.75. The number of halogens is 3. The van der Waals surface area contributed by atoms with Crippen LogP contribution in [0.25, 0.3) is 22.3 Å². The Morgan fingerprint density at radius 1 is 1.10 bits per heavy atom. The molecule has 1 N–H and O–H groups in total. The highest BCUT2D eigenvalue weighted by Gasteiger charge is 2.38. The molecular weight excluding hydrogens is 405 g/mol. The Bertz CT molecular complexity index is 1190. The van der Waals surface area contributed by atoms with Crippen LogP contribution in [0.3, 0.4) is 0 Å². The molecule has 3 heterocycles. The maximum atomic E-state index is 12.5. The largest absolute Gasteiger partial charge is 0.471 e. The minimum Gasteiger partial charge on any atom is -0.444 e. The first-order valence-electron chi connectivity index (χ1n) is 8.39. The van der Waals surface area contributed by atoms with E-state index in [4.69, 9.17) is 4.74 Å². The number of alkyl halides is 3. The lowest BCUT2D eigenvalue weighted by Gasteiger charge is -2.06. The van der Waals surface area contributed by atoms with E-state index in [9.17, 15) is 18.0 Å². The lowest BCUT2D eigenvalue weighted by molar-refractivity contribution is -0.159. The summed E-state index contributed by atoms with van der Waals surface area (Å²) in [5.74, 6) is -1.92. The Morgan fingerprint density at radius 3 is 2.60 bits per heavy atom. The van der Waals surface area contributed by atoms with Crippen molar-refractivity contribution < 1.29 is 27.2 Å². The normalized spacial score (nSPS) is 11.4. The van der Waals surface area contributed by atoms with Crippen LogP contribution in [0.1, 0.15) is 11.5 Å². The monoisotopic (exact) mass is 416 g/mol. The first-order valence-corrected chi connectivity index (χ1v) is 8.39. The fourth-order valence-corrected chi connectivity index (χ4v) is 2.44. The molecule has 0 aliphatic rings. The summed E-state index contributed by atoms with van der Waals surface area (Å²) < 4.78 is 46.8. The van der Waals surface area contributed by atoms with Gasteiger partial charge in [-0.1, -0.05) is 23.4 Å². The van der Waals surface area contributed by atoms with Crippen molar-refractivity contribution in [2.75, 3.05) is 5.32 Å². The Labute approximate surface area is 165 Å². The van der Waals surface area contributed by atoms with Gasteiger partial charge < -0.3 is 9.26 Å². The standard InChI is InChI=1S/C18H11F3N6O3/c19-18(20,21)15-25-14(27-30-15)12-7-23-16(24-8-12)26-17(28)29-9-10-5-11-3-1-2-4-13(11)22-6-10/h1-8H,9H2,(H,23,24,26,28). The van der Waals surface area contributed by atoms with Gasteiger partial charge in [0.2, 0.25) is 11.8 Å². The molecule has 0 spiro atoms. The van der Waals surface area contributed by atoms with Gasteiger partial charge in [0, 0.05) is 29.5 Å². The van der Waals surface area contributed by atoms with Crippen LogP contribution in [0.4, 0.5) is 23.9 Å². The number of fused-ring (bicyclic) bond motifs is 1. The van der Waals surface area contributed by atoms with E-state index in [2.05, 4.69) is 34.9 Å². The number of amides is 1. The second-order valence-electron chi connectivity index (χ2n) is 5.95. The van der Waals surface area contributed by atoms with Gasteiger partial charge in [-0.15, -0.1) is 0 Å². The van der Waals surface area contributed by atoms with Crippen molar-refractivity contribution in [2.24, 2.45) is 0 Å². The number of anilines is 1. The van der Waals surface area contributed by atoms with Crippen LogP contribution in [0.2, 0.25) is 0 Å². The van der Waals surface area contributed by atoms with Gasteiger partial charge in [-0.05, 0) is 12.1 Å². The van der Waals surface area contributed by atoms with Crippen LogP contribution in [0, 0.1) is 0 Å². The fraction of sp³-hybridized carbons (Fsp3) is 0.111. The first kappa shape index (κ1) is 19.2. The van der Waals surface area contributed by atoms with Crippen LogP contribution >= 0.6 is 0 Å². The molecule has 152 valence electrons. The summed E-state index contributed by atoms with van der Waals surface area (Å²) in [6.45, 7) is -0.0230. The summed E-state index contributed by atoms with van der Waals surface area (Å²) in [5, 5.41) is 6.44. The van der Waals surface area contributed by atoms with E-state index in [1.54, 1.807) is 6.20 Å². The maximum Gasteiger partial charge on any atom is 0.471 e. The fourth-order valence-electron chi connectivity index (χ4n) is 2.44. The van der Waals surface area contributed by atoms with Gasteiger partial charge >= 0.3 is 18.2 Å². The van der Waals surface area contributed by atoms with Gasteiger partial charge in [-0.2, -0.15) is 18.2 Å². The summed E-state index contributed by atoms with van der Waals surface area (Å²) in [4.78, 5) is 27.1. The number of para-hydroxylation sites is 1. The zero-order chi connectivity index (χ0) is 21.1. The molecule has 0 fully saturated rings. The van der Waals surface area contributed by atoms with Crippen molar-refractivity contribution in [2.45, 2.75) is 12.8 Å². The number of nitrogens with zero attached hydrogens (tertiary/aromatic N) is 5. The average Bonchev–Trinajstić information content (AvgIpc) is 3.23. The summed E-state index contributed by atoms with van der Waals surface area (Å²) in [7, 11) is 0. The number of pyridine rings is 1. The molecule has 0 saturated carbocycles. The molecule has 0 radical (unpaired) electrons. The number of nitrogens with one attached hydrogen (secondary N) is 1. The number of ether oxygens (including phenoxy) is 1. The van der Waals surface area contributed by atoms with Crippen LogP contribution in [0.15, 0.2) is 53.4 Å². The summed E-state index contributed by atoms with van der Waals surface area (Å²) in [6.07, 6.45) is -1.68. The van der Waals surface area contributed by atoms with Gasteiger partial charge in [-0.25, -0.2) is 14.8 Å². The summed E-state index contributed by atoms with van der Waals surface area (Å²) >= 11 is 0. The zero-order valence-electron chi connectivity index (χ0n) is 14.9. The molecule has 1 aromatic carbocycles. The highest BCUT2D eigenvalue weighted by Crippen LogP contribution is 2.29. The third kappa shape index (κ3) is 4.32. The third-order valence-electron chi connectivity index (χ3n) is 3.81. The number of aromatic nitrogens is 5. The molecular formula is C18H11F3N6O3. The van der Waals surface area contributed by atoms with E-state index < -0.39 is 18.2 Å². The smallest absolute Gasteiger partial charge is 0.444 e. The van der Waals surface area contributed by atoms with Crippen molar-refractivity contribution in [1.29, 1.82) is 0 Å². The molecule has 0 aliphatic heterocycles. The third-order valence-corrected chi connectivity index (χ3v) is 3.81. The van der Waals surface area contributed by atoms with Crippen molar-refractivity contribution in [1.82, 2.24) is 25.1 Å². The summed E-state index contributed by atoms with van der Waals surface area (Å²) in [6, 6.07) is 9.36. The Balaban J connectivity index is 1.35. The number of hydrogen-bond donors (Lipinski definition) is 1. The molecule has 4 rings (SSSR count). The SMILES string of the molecule is O=C(Nc1ncc(-c2noc(C(F)(F)F)n2)cn1)OCc1cnc2ccccc2c1. The van der Waals surface area contributed by atoms with E-state index in [1.165, 1.54) is 0 Å². The molecule has 3 aromatic heterocycles. The molecule has 0 aliphatic carbocycles. The van der Waals surface area contributed by atoms with E-state index in [0.717, 1.165) is 23.3 Å². The summed E-state index contributed by atoms with van der Waals surface area (Å²) in [5.41, 5.74) is 1.59. The first-order chi connectivity index (χ1) is 14.4. The lowest BCUT2D eigenvalue weighted by Crippen LogP contribution is -2.15. The Morgan fingerprint density at radius 2 is 1.87 bits per heavy atom. The Kier molecular flexibility index (Phi) is 4.96. The van der Waals surface area contributed by atoms with Gasteiger partial charge in [-0.3, -0.25) is 10.3 Å². The van der Waals surface area contributed by atoms with Crippen molar-refractivity contribution in [3.8, 4) is 11.4 Å². The van der Waals surface area contributed by atoms with E-state index in [-0.39, 0.29) is 23.9 Å². The van der Waals surface area contributed by atoms with Gasteiger partial charge in [0.05, 0.1) is 11.1 Å². The Hall–Kier alpha value is -4.09. The van der Waals surface area contributed by atoms with Gasteiger partial charge in [0.15, 0.2) is 0 Å². The van der Waals surface area contributed by atoms with Gasteiger partial charge in [0.25, 0.3) is 0 Å². The van der Waals surface area contributed by atoms with E-state index in [0.29, 0.717) is 5.56 Å². The zero-order valence-corrected chi connectivity index (χ0v) is 14.9. The number of hydrogen-bond acceptors (Lipinski definition) is 8. The van der Waals surface area contributed by atoms with Crippen LogP contribution in [-0.2, 0) is 17.5 Å². The number of rotatable bonds is 4. The van der Waals surface area contributed by atoms with Crippen molar-refractivity contribution >= 4 is 22.9 Å². The van der Waals surface area contributed by atoms with Crippen molar-refractivity contribution in [3.05, 3.63) is 60.4 Å². The molecule has 12 heteroatoms. The number of carbonyl (C=O) groups excluding carboxylic acids is 1. The molecule has 4 aromatic rings. The molecule has 9 nitrogen and oxygen atoms in total. The molecule has 0 atom stereocenters. The van der Waals surface area contributed by atoms with Crippen LogP contribution in [0.5, 0.6) is 0 Å². The second-order valence-corrected chi connectivity index (χ2v) is 5.95. The van der Waals surface area contributed by atoms with E-state index >= 15 is 0 Å². The maximum absolute atomic E-state index is 12.5. The molecule has 0 saturated heterocycles. The topological polar surface area (TPSA) is 116 Å². The highest BCUT2D eigenvalue weighted by atomic mass is 19.4. The predicted molar refractivity (Wildman–Crippen MR) is 95.9 cm³/mol. The predicted octanol–water partition coefficient (Wildman–Crippen LogP) is 3.84. The highest BCUT2D eigenvalue weighted by molar-refractivity contribution is 5.82. The average molecular weight is 416 g/mol. The molecule has 30 heavy (non-hydrogen) atoms. The van der Waals surface area contributed by atoms with Gasteiger partial charge in [0.1, 0.15) is 6.61 Å². The van der Waals surface area contributed by atoms with Crippen molar-refractivity contribution in [3.63, 3.8) is 0 Å². The molecule has 0 unspecified atom stereocenters. The van der Waals surface area contributed by atoms with E-state index in [1.807, 2.05) is 30.3 Å². The minimum absolute atomic E-state index is 0.0230. The molecule has 0 bridgehead atoms. The van der Waals surface area contributed by atoms with Crippen LogP contribution < -0.4 is 5.32 Å². The number of benzene rings is 1. The van der Waals surface area contributed by atoms with Crippen LogP contribution in [-0.4, -0.2) is 31.2 Å². The lowest BCUT2D eigenvalue weighted by atomic mass is 10.2. The quantitative estimate of drug-likeness (QED) is 0.533. The number of carbonyl (C=O) groups is 1.